The molecule has 0 aliphatic carbocycles. The smallest absolute Gasteiger partial charge is 0.213 e. The predicted octanol–water partition coefficient (Wildman–Crippen LogP) is 5.24. The molecule has 2 aromatic carbocycles. The van der Waals surface area contributed by atoms with Crippen molar-refractivity contribution in [2.45, 2.75) is 40.5 Å². The van der Waals surface area contributed by atoms with E-state index in [1.807, 2.05) is 6.20 Å². The summed E-state index contributed by atoms with van der Waals surface area (Å²) >= 11 is 0. The van der Waals surface area contributed by atoms with E-state index >= 15 is 0 Å². The molecule has 3 heteroatoms. The average Bonchev–Trinajstić information content (AvgIpc) is 3.26. The third-order valence-corrected chi connectivity index (χ3v) is 6.31. The minimum atomic E-state index is 0.641. The van der Waals surface area contributed by atoms with E-state index in [0.29, 0.717) is 5.92 Å². The first-order chi connectivity index (χ1) is 14.0. The summed E-state index contributed by atoms with van der Waals surface area (Å²) in [5.41, 5.74) is 9.56. The molecule has 29 heavy (non-hydrogen) atoms. The van der Waals surface area contributed by atoms with Gasteiger partial charge in [0.25, 0.3) is 0 Å². The van der Waals surface area contributed by atoms with Gasteiger partial charge in [-0.3, -0.25) is 0 Å². The highest BCUT2D eigenvalue weighted by Crippen LogP contribution is 2.42. The zero-order chi connectivity index (χ0) is 20.3. The largest absolute Gasteiger partial charge is 0.303 e. The van der Waals surface area contributed by atoms with E-state index in [-0.39, 0.29) is 0 Å². The molecular weight excluding hydrogens is 354 g/mol. The molecule has 3 heterocycles. The lowest BCUT2D eigenvalue weighted by atomic mass is 9.89. The Morgan fingerprint density at radius 1 is 1.14 bits per heavy atom. The summed E-state index contributed by atoms with van der Waals surface area (Å²) in [5, 5.41) is 2.64. The van der Waals surface area contributed by atoms with Gasteiger partial charge in [0.15, 0.2) is 6.20 Å². The van der Waals surface area contributed by atoms with Crippen LogP contribution >= 0.6 is 0 Å². The molecule has 1 aliphatic rings. The Kier molecular flexibility index (Phi) is 4.09. The second-order valence-corrected chi connectivity index (χ2v) is 8.84. The van der Waals surface area contributed by atoms with E-state index < -0.39 is 0 Å². The lowest BCUT2D eigenvalue weighted by molar-refractivity contribution is -0.660. The third-order valence-electron chi connectivity index (χ3n) is 6.31. The molecule has 4 aromatic rings. The topological polar surface area (TPSA) is 21.7 Å². The van der Waals surface area contributed by atoms with Gasteiger partial charge in [-0.2, -0.15) is 0 Å². The zero-order valence-electron chi connectivity index (χ0n) is 18.0. The van der Waals surface area contributed by atoms with Gasteiger partial charge in [-0.15, -0.1) is 0 Å². The number of hydrogen-bond donors (Lipinski definition) is 0. The average molecular weight is 383 g/mol. The summed E-state index contributed by atoms with van der Waals surface area (Å²) in [6.07, 6.45) is 8.31. The second-order valence-electron chi connectivity index (χ2n) is 8.84. The Hall–Kier alpha value is -2.94. The molecule has 0 saturated heterocycles. The highest BCUT2D eigenvalue weighted by molar-refractivity contribution is 6.00. The maximum Gasteiger partial charge on any atom is 0.213 e. The maximum absolute atomic E-state index is 4.63. The fraction of sp³-hybridized carbons (Fsp3) is 0.308. The van der Waals surface area contributed by atoms with Gasteiger partial charge in [0.05, 0.1) is 11.3 Å². The Morgan fingerprint density at radius 3 is 2.66 bits per heavy atom. The number of rotatable bonds is 3. The van der Waals surface area contributed by atoms with E-state index in [2.05, 4.69) is 91.6 Å². The van der Waals surface area contributed by atoms with Crippen molar-refractivity contribution in [3.05, 3.63) is 77.0 Å². The molecule has 0 atom stereocenters. The van der Waals surface area contributed by atoms with Gasteiger partial charge in [-0.05, 0) is 48.3 Å². The minimum Gasteiger partial charge on any atom is -0.303 e. The minimum absolute atomic E-state index is 0.641. The normalized spacial score (nSPS) is 12.6. The highest BCUT2D eigenvalue weighted by Gasteiger charge is 2.30. The molecule has 1 aliphatic heterocycles. The van der Waals surface area contributed by atoms with Crippen LogP contribution in [0.15, 0.2) is 48.9 Å². The molecule has 0 radical (unpaired) electrons. The Labute approximate surface area is 172 Å². The molecule has 0 spiro atoms. The molecule has 5 rings (SSSR count). The van der Waals surface area contributed by atoms with Gasteiger partial charge >= 0.3 is 0 Å². The first kappa shape index (κ1) is 18.1. The van der Waals surface area contributed by atoms with E-state index in [9.17, 15) is 0 Å². The van der Waals surface area contributed by atoms with Gasteiger partial charge in [0.1, 0.15) is 12.9 Å². The number of fused-ring (bicyclic) bond motifs is 5. The van der Waals surface area contributed by atoms with Crippen LogP contribution in [0.5, 0.6) is 0 Å². The first-order valence-electron chi connectivity index (χ1n) is 10.5. The Bertz CT molecular complexity index is 1260. The molecule has 0 amide bonds. The Balaban J connectivity index is 1.86. The van der Waals surface area contributed by atoms with Crippen LogP contribution in [0.2, 0.25) is 0 Å². The summed E-state index contributed by atoms with van der Waals surface area (Å²) in [6.45, 7) is 9.10. The summed E-state index contributed by atoms with van der Waals surface area (Å²) in [4.78, 5) is 4.63. The molecule has 2 aromatic heterocycles. The van der Waals surface area contributed by atoms with E-state index in [1.54, 1.807) is 0 Å². The zero-order valence-corrected chi connectivity index (χ0v) is 18.0. The monoisotopic (exact) mass is 382 g/mol. The number of nitrogens with zero attached hydrogens (tertiary/aromatic N) is 3. The van der Waals surface area contributed by atoms with Crippen molar-refractivity contribution in [2.75, 3.05) is 0 Å². The van der Waals surface area contributed by atoms with E-state index in [0.717, 1.165) is 18.7 Å². The van der Waals surface area contributed by atoms with E-state index in [1.165, 1.54) is 50.0 Å². The van der Waals surface area contributed by atoms with Gasteiger partial charge < -0.3 is 4.57 Å². The third kappa shape index (κ3) is 2.71. The van der Waals surface area contributed by atoms with Crippen molar-refractivity contribution < 1.29 is 4.57 Å². The number of imidazole rings is 1. The lowest BCUT2D eigenvalue weighted by Gasteiger charge is -2.17. The van der Waals surface area contributed by atoms with Crippen molar-refractivity contribution in [3.63, 3.8) is 0 Å². The van der Waals surface area contributed by atoms with Gasteiger partial charge in [0, 0.05) is 35.8 Å². The molecule has 0 saturated carbocycles. The van der Waals surface area contributed by atoms with Crippen LogP contribution < -0.4 is 4.57 Å². The van der Waals surface area contributed by atoms with Gasteiger partial charge in [-0.1, -0.05) is 38.1 Å². The lowest BCUT2D eigenvalue weighted by Crippen LogP contribution is -2.32. The molecule has 0 N–H and O–H groups in total. The van der Waals surface area contributed by atoms with Crippen LogP contribution in [0.25, 0.3) is 27.7 Å². The van der Waals surface area contributed by atoms with Gasteiger partial charge in [-0.25, -0.2) is 9.55 Å². The second kappa shape index (κ2) is 6.55. The molecular formula is C26H28N3+. The summed E-state index contributed by atoms with van der Waals surface area (Å²) in [5.74, 6) is 1.77. The number of aryl methyl sites for hydroxylation is 3. The molecule has 3 nitrogen and oxygen atoms in total. The van der Waals surface area contributed by atoms with Crippen molar-refractivity contribution in [3.8, 4) is 16.9 Å². The van der Waals surface area contributed by atoms with Crippen LogP contribution in [0, 0.1) is 19.8 Å². The number of hydrogen-bond acceptors (Lipinski definition) is 1. The molecule has 0 unspecified atom stereocenters. The van der Waals surface area contributed by atoms with Crippen LogP contribution in [0.4, 0.5) is 0 Å². The first-order valence-corrected chi connectivity index (χ1v) is 10.5. The van der Waals surface area contributed by atoms with Gasteiger partial charge in [0.2, 0.25) is 5.69 Å². The SMILES string of the molecule is Cc1c[n+](C)c(-c2c3c(c4ccccc4c2C)-n2ccnc2C3)cc1CC(C)C. The molecule has 146 valence electrons. The van der Waals surface area contributed by atoms with Crippen molar-refractivity contribution >= 4 is 10.8 Å². The molecule has 0 bridgehead atoms. The molecule has 0 fully saturated rings. The van der Waals surface area contributed by atoms with Crippen molar-refractivity contribution in [1.82, 2.24) is 9.55 Å². The highest BCUT2D eigenvalue weighted by atomic mass is 15.1. The quantitative estimate of drug-likeness (QED) is 0.391. The van der Waals surface area contributed by atoms with Crippen LogP contribution in [-0.4, -0.2) is 9.55 Å². The summed E-state index contributed by atoms with van der Waals surface area (Å²) in [7, 11) is 2.18. The predicted molar refractivity (Wildman–Crippen MR) is 119 cm³/mol. The van der Waals surface area contributed by atoms with Crippen molar-refractivity contribution in [2.24, 2.45) is 13.0 Å². The summed E-state index contributed by atoms with van der Waals surface area (Å²) < 4.78 is 4.58. The fourth-order valence-electron chi connectivity index (χ4n) is 5.01. The van der Waals surface area contributed by atoms with Crippen molar-refractivity contribution in [1.29, 1.82) is 0 Å². The fourth-order valence-corrected chi connectivity index (χ4v) is 5.01. The number of benzene rings is 2. The standard InChI is InChI=1S/C26H28N3/c1-16(2)12-19-13-23(28(5)15-17(19)3)25-18(4)20-8-6-7-9-21(20)26-22(25)14-24-27-10-11-29(24)26/h6-11,13,15-16H,12,14H2,1-5H3/q+1. The Morgan fingerprint density at radius 2 is 1.90 bits per heavy atom. The number of aromatic nitrogens is 3. The van der Waals surface area contributed by atoms with Crippen LogP contribution in [-0.2, 0) is 19.9 Å². The van der Waals surface area contributed by atoms with Crippen LogP contribution in [0.3, 0.4) is 0 Å². The number of pyridine rings is 1. The maximum atomic E-state index is 4.63. The summed E-state index contributed by atoms with van der Waals surface area (Å²) in [6, 6.07) is 11.2. The van der Waals surface area contributed by atoms with Crippen LogP contribution in [0.1, 0.15) is 41.9 Å². The van der Waals surface area contributed by atoms with E-state index in [4.69, 9.17) is 0 Å².